The Kier molecular flexibility index (Phi) is 6.48. The van der Waals surface area contributed by atoms with E-state index in [-0.39, 0.29) is 0 Å². The van der Waals surface area contributed by atoms with Gasteiger partial charge >= 0.3 is 0 Å². The van der Waals surface area contributed by atoms with Crippen LogP contribution in [0.4, 0.5) is 0 Å². The van der Waals surface area contributed by atoms with Gasteiger partial charge < -0.3 is 0 Å². The van der Waals surface area contributed by atoms with Crippen molar-refractivity contribution in [2.75, 3.05) is 6.26 Å². The Labute approximate surface area is 116 Å². The van der Waals surface area contributed by atoms with Gasteiger partial charge in [0, 0.05) is 19.6 Å². The molecule has 0 amide bonds. The summed E-state index contributed by atoms with van der Waals surface area (Å²) in [7, 11) is 0. The van der Waals surface area contributed by atoms with E-state index in [1.807, 2.05) is 11.5 Å². The molecule has 1 heterocycles. The molecule has 0 saturated carbocycles. The van der Waals surface area contributed by atoms with Crippen molar-refractivity contribution in [2.24, 2.45) is 0 Å². The summed E-state index contributed by atoms with van der Waals surface area (Å²) >= 11 is 5.22. The molecule has 0 unspecified atom stereocenters. The molecule has 0 nitrogen and oxygen atoms in total. The molecule has 1 rings (SSSR count). The van der Waals surface area contributed by atoms with E-state index in [2.05, 4.69) is 50.6 Å². The average molecular weight is 280 g/mol. The zero-order chi connectivity index (χ0) is 12.7. The van der Waals surface area contributed by atoms with E-state index >= 15 is 0 Å². The second kappa shape index (κ2) is 7.64. The van der Waals surface area contributed by atoms with Gasteiger partial charge in [0.05, 0.1) is 0 Å². The van der Waals surface area contributed by atoms with Crippen molar-refractivity contribution < 1.29 is 0 Å². The quantitative estimate of drug-likeness (QED) is 0.597. The molecule has 0 saturated heterocycles. The van der Waals surface area contributed by atoms with Crippen molar-refractivity contribution >= 4 is 44.7 Å². The molecule has 0 aliphatic carbocycles. The Morgan fingerprint density at radius 1 is 1.24 bits per heavy atom. The molecular weight excluding hydrogens is 264 g/mol. The van der Waals surface area contributed by atoms with Crippen LogP contribution in [-0.2, 0) is 0 Å². The molecule has 0 aromatic carbocycles. The van der Waals surface area contributed by atoms with Crippen molar-refractivity contribution in [3.8, 4) is 0 Å². The maximum atomic E-state index is 3.76. The fraction of sp³-hybridized carbons (Fsp3) is 0.143. The lowest BCUT2D eigenvalue weighted by atomic mass is 10.3. The summed E-state index contributed by atoms with van der Waals surface area (Å²) in [4.78, 5) is 5.10. The fourth-order valence-electron chi connectivity index (χ4n) is 1.32. The predicted octanol–water partition coefficient (Wildman–Crippen LogP) is 5.88. The van der Waals surface area contributed by atoms with Crippen molar-refractivity contribution in [1.82, 2.24) is 0 Å². The number of rotatable bonds is 6. The molecule has 1 aromatic rings. The number of thioether (sulfide) groups is 2. The van der Waals surface area contributed by atoms with E-state index in [9.17, 15) is 0 Å². The van der Waals surface area contributed by atoms with Crippen molar-refractivity contribution in [1.29, 1.82) is 0 Å². The summed E-state index contributed by atoms with van der Waals surface area (Å²) in [6.45, 7) is 9.56. The highest BCUT2D eigenvalue weighted by Gasteiger charge is 2.07. The summed E-state index contributed by atoms with van der Waals surface area (Å²) in [6.07, 6.45) is 8.10. The van der Waals surface area contributed by atoms with Crippen LogP contribution in [0.25, 0.3) is 9.81 Å². The van der Waals surface area contributed by atoms with Gasteiger partial charge in [-0.2, -0.15) is 0 Å². The zero-order valence-corrected chi connectivity index (χ0v) is 12.6. The standard InChI is InChI=1S/C14H16S3/c1-5-8-12(15-4)14-10-9-13(17-14)11(6-2)16-7-3/h5-10H,1,3H2,2,4H3/b11-6-,12-8-. The summed E-state index contributed by atoms with van der Waals surface area (Å²) in [5, 5.41) is 1.86. The van der Waals surface area contributed by atoms with E-state index in [1.165, 1.54) is 19.6 Å². The van der Waals surface area contributed by atoms with Gasteiger partial charge in [0.1, 0.15) is 0 Å². The first kappa shape index (κ1) is 14.4. The third-order valence-electron chi connectivity index (χ3n) is 2.05. The van der Waals surface area contributed by atoms with Gasteiger partial charge in [-0.15, -0.1) is 23.1 Å². The molecular formula is C14H16S3. The molecule has 3 heteroatoms. The Balaban J connectivity index is 3.02. The van der Waals surface area contributed by atoms with Gasteiger partial charge in [-0.25, -0.2) is 0 Å². The van der Waals surface area contributed by atoms with Gasteiger partial charge in [-0.1, -0.05) is 37.1 Å². The van der Waals surface area contributed by atoms with Crippen molar-refractivity contribution in [2.45, 2.75) is 6.92 Å². The van der Waals surface area contributed by atoms with E-state index in [4.69, 9.17) is 0 Å². The molecule has 0 aliphatic heterocycles. The van der Waals surface area contributed by atoms with Crippen LogP contribution in [0.15, 0.2) is 48.9 Å². The summed E-state index contributed by atoms with van der Waals surface area (Å²) in [5.74, 6) is 0. The highest BCUT2D eigenvalue weighted by atomic mass is 32.2. The van der Waals surface area contributed by atoms with Crippen LogP contribution in [0, 0.1) is 0 Å². The van der Waals surface area contributed by atoms with Gasteiger partial charge in [0.15, 0.2) is 0 Å². The molecule has 0 fully saturated rings. The van der Waals surface area contributed by atoms with E-state index in [0.717, 1.165) is 0 Å². The van der Waals surface area contributed by atoms with E-state index in [0.29, 0.717) is 0 Å². The first-order valence-corrected chi connectivity index (χ1v) is 8.10. The zero-order valence-electron chi connectivity index (χ0n) is 10.1. The van der Waals surface area contributed by atoms with Crippen molar-refractivity contribution in [3.05, 3.63) is 58.7 Å². The Morgan fingerprint density at radius 2 is 1.88 bits per heavy atom. The number of thiophene rings is 1. The molecule has 0 N–H and O–H groups in total. The molecule has 0 spiro atoms. The second-order valence-corrected chi connectivity index (χ2v) is 6.01. The molecule has 0 radical (unpaired) electrons. The average Bonchev–Trinajstić information content (AvgIpc) is 2.82. The number of hydrogen-bond acceptors (Lipinski definition) is 3. The smallest absolute Gasteiger partial charge is 0.0413 e. The molecule has 0 bridgehead atoms. The molecule has 0 atom stereocenters. The van der Waals surface area contributed by atoms with Gasteiger partial charge in [-0.05, 0) is 36.8 Å². The van der Waals surface area contributed by atoms with Crippen LogP contribution in [0.2, 0.25) is 0 Å². The first-order chi connectivity index (χ1) is 8.26. The Hall–Kier alpha value is -0.640. The summed E-state index contributed by atoms with van der Waals surface area (Å²) < 4.78 is 0. The topological polar surface area (TPSA) is 0 Å². The lowest BCUT2D eigenvalue weighted by molar-refractivity contribution is 1.77. The Morgan fingerprint density at radius 3 is 2.35 bits per heavy atom. The minimum Gasteiger partial charge on any atom is -0.134 e. The van der Waals surface area contributed by atoms with Crippen molar-refractivity contribution in [3.63, 3.8) is 0 Å². The van der Waals surface area contributed by atoms with Crippen LogP contribution in [-0.4, -0.2) is 6.26 Å². The normalized spacial score (nSPS) is 12.6. The van der Waals surface area contributed by atoms with Crippen LogP contribution < -0.4 is 0 Å². The predicted molar refractivity (Wildman–Crippen MR) is 87.4 cm³/mol. The first-order valence-electron chi connectivity index (χ1n) is 5.18. The Bertz CT molecular complexity index is 450. The molecule has 17 heavy (non-hydrogen) atoms. The van der Waals surface area contributed by atoms with Crippen LogP contribution in [0.3, 0.4) is 0 Å². The highest BCUT2D eigenvalue weighted by molar-refractivity contribution is 8.11. The minimum absolute atomic E-state index is 1.26. The van der Waals surface area contributed by atoms with Gasteiger partial charge in [0.25, 0.3) is 0 Å². The number of allylic oxidation sites excluding steroid dienone is 3. The van der Waals surface area contributed by atoms with Gasteiger partial charge in [-0.3, -0.25) is 0 Å². The maximum Gasteiger partial charge on any atom is 0.0413 e. The third-order valence-corrected chi connectivity index (χ3v) is 5.14. The third kappa shape index (κ3) is 3.95. The van der Waals surface area contributed by atoms with Crippen LogP contribution in [0.1, 0.15) is 16.7 Å². The largest absolute Gasteiger partial charge is 0.134 e. The maximum absolute atomic E-state index is 3.76. The highest BCUT2D eigenvalue weighted by Crippen LogP contribution is 2.37. The van der Waals surface area contributed by atoms with E-state index < -0.39 is 0 Å². The lowest BCUT2D eigenvalue weighted by Gasteiger charge is -2.00. The number of hydrogen-bond donors (Lipinski definition) is 0. The van der Waals surface area contributed by atoms with E-state index in [1.54, 1.807) is 34.9 Å². The second-order valence-electron chi connectivity index (χ2n) is 3.07. The van der Waals surface area contributed by atoms with Gasteiger partial charge in [0.2, 0.25) is 0 Å². The van der Waals surface area contributed by atoms with Crippen LogP contribution >= 0.6 is 34.9 Å². The monoisotopic (exact) mass is 280 g/mol. The van der Waals surface area contributed by atoms with Crippen LogP contribution in [0.5, 0.6) is 0 Å². The molecule has 1 aromatic heterocycles. The summed E-state index contributed by atoms with van der Waals surface area (Å²) in [5.41, 5.74) is 0. The SMILES string of the molecule is C=C/C=C(\SC)c1ccc(/C(=C/C)SC=C)s1. The molecule has 90 valence electrons. The molecule has 0 aliphatic rings. The summed E-state index contributed by atoms with van der Waals surface area (Å²) in [6, 6.07) is 4.33. The fourth-order valence-corrected chi connectivity index (χ4v) is 3.86. The minimum atomic E-state index is 1.26. The lowest BCUT2D eigenvalue weighted by Crippen LogP contribution is -1.70.